The Bertz CT molecular complexity index is 2090. The molecular weight excluding hydrogens is 872 g/mol. The quantitative estimate of drug-likeness (QED) is 0.0506. The summed E-state index contributed by atoms with van der Waals surface area (Å²) in [5.41, 5.74) is 12.1. The summed E-state index contributed by atoms with van der Waals surface area (Å²) in [5, 5.41) is 42.3. The molecule has 13 atom stereocenters. The van der Waals surface area contributed by atoms with Crippen molar-refractivity contribution in [3.63, 3.8) is 0 Å². The van der Waals surface area contributed by atoms with Gasteiger partial charge in [0, 0.05) is 0 Å². The molecule has 0 spiro atoms. The predicted molar refractivity (Wildman–Crippen MR) is 188 cm³/mol. The van der Waals surface area contributed by atoms with Crippen molar-refractivity contribution in [2.45, 2.75) is 53.9 Å². The van der Waals surface area contributed by atoms with Gasteiger partial charge < -0.3 is 70.0 Å². The summed E-state index contributed by atoms with van der Waals surface area (Å²) >= 11 is 15.2. The zero-order chi connectivity index (χ0) is 39.5. The Balaban J connectivity index is 1.04. The van der Waals surface area contributed by atoms with E-state index in [0.29, 0.717) is 0 Å². The third-order valence-corrected chi connectivity index (χ3v) is 18.4. The minimum atomic E-state index is -5.72. The number of halogens is 1. The number of nitrogens with zero attached hydrogens (tertiary/aromatic N) is 8. The molecule has 33 heteroatoms. The van der Waals surface area contributed by atoms with Crippen LogP contribution in [0.25, 0.3) is 22.3 Å². The van der Waals surface area contributed by atoms with E-state index < -0.39 is 95.8 Å². The van der Waals surface area contributed by atoms with E-state index >= 15 is 0 Å². The minimum absolute atomic E-state index is 0.0252. The Morgan fingerprint density at radius 3 is 1.44 bits per heavy atom. The molecule has 298 valence electrons. The van der Waals surface area contributed by atoms with E-state index in [0.717, 1.165) is 12.7 Å². The maximum atomic E-state index is 13.0. The second-order valence-corrected chi connectivity index (χ2v) is 22.6. The molecule has 2 aliphatic heterocycles. The van der Waals surface area contributed by atoms with Crippen molar-refractivity contribution < 1.29 is 76.3 Å². The summed E-state index contributed by atoms with van der Waals surface area (Å²) < 4.78 is 58.7. The van der Waals surface area contributed by atoms with Crippen molar-refractivity contribution in [1.29, 1.82) is 0 Å². The lowest BCUT2D eigenvalue weighted by atomic mass is 10.1. The molecule has 6 rings (SSSR count). The van der Waals surface area contributed by atoms with Crippen LogP contribution >= 0.6 is 40.2 Å². The van der Waals surface area contributed by atoms with Crippen molar-refractivity contribution in [2.24, 2.45) is 0 Å². The van der Waals surface area contributed by atoms with Crippen LogP contribution in [0.1, 0.15) is 12.5 Å². The number of imidazole rings is 2. The summed E-state index contributed by atoms with van der Waals surface area (Å²) in [6, 6.07) is 0. The molecule has 4 aromatic heterocycles. The number of aromatic nitrogens is 8. The molecule has 0 radical (unpaired) electrons. The second kappa shape index (κ2) is 15.5. The van der Waals surface area contributed by atoms with Gasteiger partial charge in [-0.15, -0.1) is 0 Å². The minimum Gasteiger partial charge on any atom is -0.387 e. The number of hydrogen-bond donors (Lipinski definition) is 10. The molecule has 4 aromatic rings. The van der Waals surface area contributed by atoms with Gasteiger partial charge in [0.15, 0.2) is 35.4 Å². The SMILES string of the molecule is Nc1ncnc2c1ncn2[C@@H]1O[C@H](COP(O)(=S)OP(=O)(O)C(Cl)P(=O)(O)OP(O)(=S)OCC2O[C@@H](n3cnc4c(N)ncnc43)[C@@H](O)[C@H]2O)[C@H](O)C1O. The molecule has 0 amide bonds. The van der Waals surface area contributed by atoms with Gasteiger partial charge in [-0.2, -0.15) is 0 Å². The first-order valence-electron chi connectivity index (χ1n) is 14.7. The largest absolute Gasteiger partial charge is 0.387 e. The highest BCUT2D eigenvalue weighted by molar-refractivity contribution is 8.09. The average molecular weight is 901 g/mol. The first-order valence-corrected chi connectivity index (χ1v) is 23.6. The lowest BCUT2D eigenvalue weighted by Crippen LogP contribution is -2.33. The number of nitrogen functional groups attached to an aromatic ring is 2. The second-order valence-electron chi connectivity index (χ2n) is 11.4. The normalized spacial score (nSPS) is 31.2. The van der Waals surface area contributed by atoms with Gasteiger partial charge in [0.2, 0.25) is 4.86 Å². The molecule has 0 saturated carbocycles. The van der Waals surface area contributed by atoms with Gasteiger partial charge >= 0.3 is 28.6 Å². The fourth-order valence-corrected chi connectivity index (χ4v) is 14.2. The van der Waals surface area contributed by atoms with Crippen molar-refractivity contribution in [2.75, 3.05) is 24.7 Å². The highest BCUT2D eigenvalue weighted by atomic mass is 35.5. The highest BCUT2D eigenvalue weighted by Crippen LogP contribution is 2.76. The van der Waals surface area contributed by atoms with Crippen LogP contribution in [0, 0.1) is 0 Å². The van der Waals surface area contributed by atoms with Gasteiger partial charge in [-0.05, 0) is 23.6 Å². The third kappa shape index (κ3) is 8.41. The smallest absolute Gasteiger partial charge is 0.365 e. The maximum absolute atomic E-state index is 13.0. The van der Waals surface area contributed by atoms with Crippen molar-refractivity contribution in [3.8, 4) is 0 Å². The third-order valence-electron chi connectivity index (χ3n) is 7.78. The Morgan fingerprint density at radius 1 is 0.704 bits per heavy atom. The van der Waals surface area contributed by atoms with Gasteiger partial charge in [-0.25, -0.2) is 38.5 Å². The molecule has 12 N–H and O–H groups in total. The van der Waals surface area contributed by atoms with E-state index in [1.807, 2.05) is 0 Å². The number of fused-ring (bicyclic) bond motifs is 2. The summed E-state index contributed by atoms with van der Waals surface area (Å²) in [7, 11) is -11.4. The fraction of sp³-hybridized carbons (Fsp3) is 0.524. The Kier molecular flexibility index (Phi) is 12.0. The first-order chi connectivity index (χ1) is 25.1. The van der Waals surface area contributed by atoms with Crippen LogP contribution in [-0.4, -0.2) is 134 Å². The molecule has 6 heterocycles. The summed E-state index contributed by atoms with van der Waals surface area (Å²) in [5.74, 6) is 0.0504. The standard InChI is InChI=1S/C21H29ClN10O16P4S2/c22-21(49(37,38)47-51(41,53)43-1-7-11(33)13(35)19(45-7)31-5-29-9-15(23)25-3-27-17(9)31)50(39,40)48-52(42,54)44-2-8-12(34)14(36)20(46-8)32-6-30-10-16(24)26-4-28-18(10)32/h3-8,11-14,19-21,33-36H,1-2H2,(H,37,38)(H,39,40)(H,41,53)(H,42,54)(H2,23,25,27)(H2,24,26,28)/t7-,8?,11+,12+,13?,14+,19-,20-,21?,51?,52?/m1/s1. The van der Waals surface area contributed by atoms with Crippen LogP contribution in [0.4, 0.5) is 11.6 Å². The lowest BCUT2D eigenvalue weighted by molar-refractivity contribution is -0.0486. The van der Waals surface area contributed by atoms with Gasteiger partial charge in [0.1, 0.15) is 60.3 Å². The van der Waals surface area contributed by atoms with Gasteiger partial charge in [0.25, 0.3) is 0 Å². The van der Waals surface area contributed by atoms with Crippen LogP contribution in [0.3, 0.4) is 0 Å². The average Bonchev–Trinajstić information content (AvgIpc) is 3.84. The number of alkyl halides is 1. The molecular formula is C21H29ClN10O16P4S2. The Morgan fingerprint density at radius 2 is 1.07 bits per heavy atom. The number of anilines is 2. The summed E-state index contributed by atoms with van der Waals surface area (Å²) in [6.07, 6.45) is -7.48. The molecule has 0 bridgehead atoms. The van der Waals surface area contributed by atoms with Crippen molar-refractivity contribution in [1.82, 2.24) is 39.0 Å². The number of ether oxygens (including phenoxy) is 2. The van der Waals surface area contributed by atoms with Gasteiger partial charge in [0.05, 0.1) is 25.9 Å². The van der Waals surface area contributed by atoms with Crippen molar-refractivity contribution >= 4 is 97.8 Å². The molecule has 2 aliphatic rings. The van der Waals surface area contributed by atoms with Crippen LogP contribution in [0.5, 0.6) is 0 Å². The monoisotopic (exact) mass is 900 g/mol. The number of hydrogen-bond acceptors (Lipinski definition) is 22. The topological polar surface area (TPSA) is 391 Å². The van der Waals surface area contributed by atoms with Crippen LogP contribution in [-0.2, 0) is 59.9 Å². The molecule has 26 nitrogen and oxygen atoms in total. The lowest BCUT2D eigenvalue weighted by Gasteiger charge is -2.27. The van der Waals surface area contributed by atoms with Gasteiger partial charge in [-0.1, -0.05) is 11.6 Å². The van der Waals surface area contributed by atoms with E-state index in [2.05, 4.69) is 38.5 Å². The molecule has 0 aliphatic carbocycles. The summed E-state index contributed by atoms with van der Waals surface area (Å²) in [4.78, 5) is 62.6. The first kappa shape index (κ1) is 41.8. The zero-order valence-electron chi connectivity index (χ0n) is 26.5. The highest BCUT2D eigenvalue weighted by Gasteiger charge is 2.53. The Hall–Kier alpha value is -1.81. The van der Waals surface area contributed by atoms with Crippen LogP contribution in [0.2, 0.25) is 0 Å². The molecule has 0 aromatic carbocycles. The van der Waals surface area contributed by atoms with E-state index in [-0.39, 0.29) is 34.0 Å². The summed E-state index contributed by atoms with van der Waals surface area (Å²) in [6.45, 7) is -11.5. The van der Waals surface area contributed by atoms with E-state index in [4.69, 9.17) is 65.2 Å². The molecule has 2 saturated heterocycles. The molecule has 7 unspecified atom stereocenters. The van der Waals surface area contributed by atoms with Crippen LogP contribution < -0.4 is 11.5 Å². The zero-order valence-corrected chi connectivity index (χ0v) is 32.4. The van der Waals surface area contributed by atoms with E-state index in [9.17, 15) is 49.1 Å². The van der Waals surface area contributed by atoms with E-state index in [1.165, 1.54) is 21.8 Å². The fourth-order valence-electron chi connectivity index (χ4n) is 5.25. The van der Waals surface area contributed by atoms with Gasteiger partial charge in [-0.3, -0.25) is 18.3 Å². The number of rotatable bonds is 14. The van der Waals surface area contributed by atoms with E-state index in [1.54, 1.807) is 0 Å². The molecule has 2 fully saturated rings. The number of aliphatic hydroxyl groups is 4. The maximum Gasteiger partial charge on any atom is 0.365 e. The number of aliphatic hydroxyl groups excluding tert-OH is 4. The van der Waals surface area contributed by atoms with Crippen LogP contribution in [0.15, 0.2) is 25.3 Å². The van der Waals surface area contributed by atoms with Crippen molar-refractivity contribution in [3.05, 3.63) is 25.3 Å². The predicted octanol–water partition coefficient (Wildman–Crippen LogP) is -1.54. The Labute approximate surface area is 316 Å². The number of nitrogens with two attached hydrogens (primary N) is 2. The molecule has 54 heavy (non-hydrogen) atoms.